The SMILES string of the molecule is Cl.O=C(Nc1ccc(F)cc1)N[C@H]1CCCNC1. The molecule has 1 aliphatic heterocycles. The average molecular weight is 274 g/mol. The van der Waals surface area contributed by atoms with Crippen LogP contribution in [0.3, 0.4) is 0 Å². The van der Waals surface area contributed by atoms with Gasteiger partial charge in [0.1, 0.15) is 5.82 Å². The van der Waals surface area contributed by atoms with E-state index in [9.17, 15) is 9.18 Å². The Hall–Kier alpha value is -1.33. The summed E-state index contributed by atoms with van der Waals surface area (Å²) in [5, 5.41) is 8.77. The maximum Gasteiger partial charge on any atom is 0.319 e. The van der Waals surface area contributed by atoms with E-state index in [0.29, 0.717) is 5.69 Å². The van der Waals surface area contributed by atoms with Crippen LogP contribution in [0.15, 0.2) is 24.3 Å². The predicted octanol–water partition coefficient (Wildman–Crippen LogP) is 2.12. The molecule has 100 valence electrons. The van der Waals surface area contributed by atoms with Gasteiger partial charge in [-0.25, -0.2) is 9.18 Å². The summed E-state index contributed by atoms with van der Waals surface area (Å²) in [7, 11) is 0. The zero-order valence-electron chi connectivity index (χ0n) is 9.91. The van der Waals surface area contributed by atoms with Crippen molar-refractivity contribution >= 4 is 24.1 Å². The first-order valence-corrected chi connectivity index (χ1v) is 5.78. The quantitative estimate of drug-likeness (QED) is 0.773. The molecule has 1 saturated heterocycles. The van der Waals surface area contributed by atoms with Crippen molar-refractivity contribution in [1.82, 2.24) is 10.6 Å². The van der Waals surface area contributed by atoms with Crippen LogP contribution in [0.4, 0.5) is 14.9 Å². The van der Waals surface area contributed by atoms with Gasteiger partial charge in [0.15, 0.2) is 0 Å². The number of rotatable bonds is 2. The lowest BCUT2D eigenvalue weighted by Crippen LogP contribution is -2.47. The first-order chi connectivity index (χ1) is 8.24. The van der Waals surface area contributed by atoms with Crippen LogP contribution in [0.25, 0.3) is 0 Å². The van der Waals surface area contributed by atoms with Crippen molar-refractivity contribution in [3.05, 3.63) is 30.1 Å². The third-order valence-electron chi connectivity index (χ3n) is 2.73. The fraction of sp³-hybridized carbons (Fsp3) is 0.417. The molecule has 18 heavy (non-hydrogen) atoms. The third-order valence-corrected chi connectivity index (χ3v) is 2.73. The standard InChI is InChI=1S/C12H16FN3O.ClH/c13-9-3-5-10(6-4-9)15-12(17)16-11-2-1-7-14-8-11;/h3-6,11,14H,1-2,7-8H2,(H2,15,16,17);1H/t11-;/m0./s1. The van der Waals surface area contributed by atoms with Crippen LogP contribution in [0.1, 0.15) is 12.8 Å². The summed E-state index contributed by atoms with van der Waals surface area (Å²) in [4.78, 5) is 11.6. The topological polar surface area (TPSA) is 53.2 Å². The van der Waals surface area contributed by atoms with Gasteiger partial charge < -0.3 is 16.0 Å². The highest BCUT2D eigenvalue weighted by Crippen LogP contribution is 2.08. The van der Waals surface area contributed by atoms with E-state index in [1.807, 2.05) is 0 Å². The van der Waals surface area contributed by atoms with Crippen molar-refractivity contribution in [2.24, 2.45) is 0 Å². The number of carbonyl (C=O) groups is 1. The Morgan fingerprint density at radius 2 is 2.06 bits per heavy atom. The van der Waals surface area contributed by atoms with Gasteiger partial charge in [-0.3, -0.25) is 0 Å². The van der Waals surface area contributed by atoms with Crippen molar-refractivity contribution in [3.63, 3.8) is 0 Å². The summed E-state index contributed by atoms with van der Waals surface area (Å²) in [5.41, 5.74) is 0.590. The fourth-order valence-corrected chi connectivity index (χ4v) is 1.86. The molecule has 0 bridgehead atoms. The molecule has 3 N–H and O–H groups in total. The van der Waals surface area contributed by atoms with Gasteiger partial charge in [0, 0.05) is 18.3 Å². The van der Waals surface area contributed by atoms with E-state index in [0.717, 1.165) is 25.9 Å². The van der Waals surface area contributed by atoms with Gasteiger partial charge in [-0.15, -0.1) is 12.4 Å². The molecule has 6 heteroatoms. The molecule has 1 aromatic carbocycles. The van der Waals surface area contributed by atoms with Crippen LogP contribution in [-0.2, 0) is 0 Å². The summed E-state index contributed by atoms with van der Waals surface area (Å²) >= 11 is 0. The van der Waals surface area contributed by atoms with Gasteiger partial charge in [-0.05, 0) is 43.7 Å². The van der Waals surface area contributed by atoms with E-state index in [1.165, 1.54) is 24.3 Å². The second-order valence-corrected chi connectivity index (χ2v) is 4.15. The molecule has 1 heterocycles. The third kappa shape index (κ3) is 4.50. The lowest BCUT2D eigenvalue weighted by atomic mass is 10.1. The van der Waals surface area contributed by atoms with Gasteiger partial charge in [0.2, 0.25) is 0 Å². The van der Waals surface area contributed by atoms with Crippen LogP contribution in [0.5, 0.6) is 0 Å². The van der Waals surface area contributed by atoms with Gasteiger partial charge in [-0.1, -0.05) is 0 Å². The molecule has 2 rings (SSSR count). The van der Waals surface area contributed by atoms with Crippen LogP contribution in [0.2, 0.25) is 0 Å². The summed E-state index contributed by atoms with van der Waals surface area (Å²) in [6, 6.07) is 5.63. The summed E-state index contributed by atoms with van der Waals surface area (Å²) in [6.45, 7) is 1.81. The normalized spacial score (nSPS) is 18.6. The second kappa shape index (κ2) is 7.18. The van der Waals surface area contributed by atoms with E-state index < -0.39 is 0 Å². The van der Waals surface area contributed by atoms with E-state index in [1.54, 1.807) is 0 Å². The Balaban J connectivity index is 0.00000162. The maximum atomic E-state index is 12.7. The van der Waals surface area contributed by atoms with Crippen LogP contribution in [0, 0.1) is 5.82 Å². The molecule has 1 atom stereocenters. The minimum atomic E-state index is -0.313. The Morgan fingerprint density at radius 3 is 2.67 bits per heavy atom. The van der Waals surface area contributed by atoms with Crippen molar-refractivity contribution in [2.45, 2.75) is 18.9 Å². The summed E-state index contributed by atoms with van der Waals surface area (Å²) < 4.78 is 12.7. The van der Waals surface area contributed by atoms with E-state index in [-0.39, 0.29) is 30.3 Å². The minimum absolute atomic E-state index is 0. The molecule has 0 aromatic heterocycles. The number of amides is 2. The highest BCUT2D eigenvalue weighted by molar-refractivity contribution is 5.89. The molecule has 1 aliphatic rings. The molecule has 4 nitrogen and oxygen atoms in total. The van der Waals surface area contributed by atoms with E-state index >= 15 is 0 Å². The van der Waals surface area contributed by atoms with Crippen molar-refractivity contribution in [3.8, 4) is 0 Å². The Bertz CT molecular complexity index is 379. The maximum absolute atomic E-state index is 12.7. The average Bonchev–Trinajstić information content (AvgIpc) is 2.33. The number of hydrogen-bond acceptors (Lipinski definition) is 2. The summed E-state index contributed by atoms with van der Waals surface area (Å²) in [6.07, 6.45) is 2.06. The lowest BCUT2D eigenvalue weighted by Gasteiger charge is -2.23. The van der Waals surface area contributed by atoms with Crippen molar-refractivity contribution in [2.75, 3.05) is 18.4 Å². The smallest absolute Gasteiger partial charge is 0.319 e. The van der Waals surface area contributed by atoms with Gasteiger partial charge in [-0.2, -0.15) is 0 Å². The number of urea groups is 1. The Kier molecular flexibility index (Phi) is 5.88. The number of nitrogens with one attached hydrogen (secondary N) is 3. The monoisotopic (exact) mass is 273 g/mol. The zero-order chi connectivity index (χ0) is 12.1. The van der Waals surface area contributed by atoms with Gasteiger partial charge in [0.25, 0.3) is 0 Å². The molecule has 0 unspecified atom stereocenters. The second-order valence-electron chi connectivity index (χ2n) is 4.15. The predicted molar refractivity (Wildman–Crippen MR) is 71.7 cm³/mol. The molecule has 0 spiro atoms. The number of halogens is 2. The van der Waals surface area contributed by atoms with Crippen LogP contribution in [-0.4, -0.2) is 25.2 Å². The molecule has 1 aromatic rings. The van der Waals surface area contributed by atoms with Crippen molar-refractivity contribution < 1.29 is 9.18 Å². The molecule has 0 radical (unpaired) electrons. The Morgan fingerprint density at radius 1 is 1.33 bits per heavy atom. The lowest BCUT2D eigenvalue weighted by molar-refractivity contribution is 0.245. The Labute approximate surface area is 112 Å². The molecular weight excluding hydrogens is 257 g/mol. The zero-order valence-corrected chi connectivity index (χ0v) is 10.7. The van der Waals surface area contributed by atoms with E-state index in [4.69, 9.17) is 0 Å². The number of benzene rings is 1. The van der Waals surface area contributed by atoms with Crippen LogP contribution < -0.4 is 16.0 Å². The minimum Gasteiger partial charge on any atom is -0.334 e. The van der Waals surface area contributed by atoms with E-state index in [2.05, 4.69) is 16.0 Å². The van der Waals surface area contributed by atoms with Gasteiger partial charge >= 0.3 is 6.03 Å². The number of carbonyl (C=O) groups excluding carboxylic acids is 1. The number of anilines is 1. The van der Waals surface area contributed by atoms with Gasteiger partial charge in [0.05, 0.1) is 0 Å². The molecule has 1 fully saturated rings. The first kappa shape index (κ1) is 14.7. The van der Waals surface area contributed by atoms with Crippen LogP contribution >= 0.6 is 12.4 Å². The summed E-state index contributed by atoms with van der Waals surface area (Å²) in [5.74, 6) is -0.313. The van der Waals surface area contributed by atoms with Crippen molar-refractivity contribution in [1.29, 1.82) is 0 Å². The molecule has 2 amide bonds. The molecular formula is C12H17ClFN3O. The molecule has 0 saturated carbocycles. The first-order valence-electron chi connectivity index (χ1n) is 5.78. The number of hydrogen-bond donors (Lipinski definition) is 3. The highest BCUT2D eigenvalue weighted by Gasteiger charge is 2.14. The largest absolute Gasteiger partial charge is 0.334 e. The molecule has 0 aliphatic carbocycles. The fourth-order valence-electron chi connectivity index (χ4n) is 1.86. The number of piperidine rings is 1. The highest BCUT2D eigenvalue weighted by atomic mass is 35.5.